The van der Waals surface area contributed by atoms with Crippen molar-refractivity contribution in [2.75, 3.05) is 10.7 Å². The summed E-state index contributed by atoms with van der Waals surface area (Å²) in [5.41, 5.74) is 3.34. The third kappa shape index (κ3) is 2.54. The lowest BCUT2D eigenvalue weighted by Gasteiger charge is -2.09. The summed E-state index contributed by atoms with van der Waals surface area (Å²) in [6.07, 6.45) is 1.87. The molecule has 0 amide bonds. The maximum absolute atomic E-state index is 5.41. The van der Waals surface area contributed by atoms with E-state index >= 15 is 0 Å². The number of hydrogen-bond acceptors (Lipinski definition) is 7. The molecule has 0 bridgehead atoms. The van der Waals surface area contributed by atoms with E-state index in [2.05, 4.69) is 25.7 Å². The SMILES string of the molecule is Cc1ncc(CNc2nc(NN)nc3ccccc23)s1. The molecule has 2 aromatic heterocycles. The molecule has 0 unspecified atom stereocenters. The quantitative estimate of drug-likeness (QED) is 0.504. The highest BCUT2D eigenvalue weighted by Gasteiger charge is 2.07. The molecule has 2 heterocycles. The van der Waals surface area contributed by atoms with Crippen LogP contribution in [-0.2, 0) is 6.54 Å². The summed E-state index contributed by atoms with van der Waals surface area (Å²) in [5, 5.41) is 5.34. The zero-order chi connectivity index (χ0) is 13.9. The molecule has 102 valence electrons. The number of para-hydroxylation sites is 1. The highest BCUT2D eigenvalue weighted by atomic mass is 32.1. The molecule has 20 heavy (non-hydrogen) atoms. The number of benzene rings is 1. The number of aromatic nitrogens is 3. The van der Waals surface area contributed by atoms with Crippen molar-refractivity contribution >= 4 is 34.0 Å². The van der Waals surface area contributed by atoms with Gasteiger partial charge in [0.15, 0.2) is 0 Å². The number of anilines is 2. The maximum atomic E-state index is 5.41. The predicted molar refractivity (Wildman–Crippen MR) is 81.5 cm³/mol. The molecule has 0 aliphatic carbocycles. The van der Waals surface area contributed by atoms with E-state index in [0.717, 1.165) is 26.6 Å². The third-order valence-electron chi connectivity index (χ3n) is 2.83. The second-order valence-electron chi connectivity index (χ2n) is 4.26. The van der Waals surface area contributed by atoms with E-state index < -0.39 is 0 Å². The van der Waals surface area contributed by atoms with Gasteiger partial charge in [-0.3, -0.25) is 5.43 Å². The number of fused-ring (bicyclic) bond motifs is 1. The van der Waals surface area contributed by atoms with Crippen LogP contribution in [0.2, 0.25) is 0 Å². The summed E-state index contributed by atoms with van der Waals surface area (Å²) in [7, 11) is 0. The number of nitrogens with zero attached hydrogens (tertiary/aromatic N) is 3. The Bertz CT molecular complexity index is 739. The molecule has 0 aliphatic rings. The summed E-state index contributed by atoms with van der Waals surface area (Å²) in [6.45, 7) is 2.67. The average Bonchev–Trinajstić information content (AvgIpc) is 2.90. The van der Waals surface area contributed by atoms with Gasteiger partial charge in [-0.15, -0.1) is 11.3 Å². The average molecular weight is 286 g/mol. The van der Waals surface area contributed by atoms with E-state index in [1.165, 1.54) is 0 Å². The van der Waals surface area contributed by atoms with Crippen LogP contribution in [0.5, 0.6) is 0 Å². The molecule has 1 aromatic carbocycles. The number of hydrogen-bond donors (Lipinski definition) is 3. The zero-order valence-electron chi connectivity index (χ0n) is 10.9. The van der Waals surface area contributed by atoms with E-state index in [1.807, 2.05) is 37.4 Å². The van der Waals surface area contributed by atoms with Crippen molar-refractivity contribution in [3.05, 3.63) is 40.3 Å². The largest absolute Gasteiger partial charge is 0.364 e. The third-order valence-corrected chi connectivity index (χ3v) is 3.74. The van der Waals surface area contributed by atoms with Crippen LogP contribution in [0.4, 0.5) is 11.8 Å². The van der Waals surface area contributed by atoms with Gasteiger partial charge in [-0.05, 0) is 19.1 Å². The first-order chi connectivity index (χ1) is 9.76. The number of nitrogens with two attached hydrogens (primary N) is 1. The van der Waals surface area contributed by atoms with Crippen molar-refractivity contribution < 1.29 is 0 Å². The van der Waals surface area contributed by atoms with Crippen molar-refractivity contribution in [3.63, 3.8) is 0 Å². The van der Waals surface area contributed by atoms with Gasteiger partial charge in [-0.25, -0.2) is 15.8 Å². The van der Waals surface area contributed by atoms with E-state index in [4.69, 9.17) is 5.84 Å². The van der Waals surface area contributed by atoms with Gasteiger partial charge in [-0.1, -0.05) is 12.1 Å². The molecule has 4 N–H and O–H groups in total. The predicted octanol–water partition coefficient (Wildman–Crippen LogP) is 2.29. The summed E-state index contributed by atoms with van der Waals surface area (Å²) in [6, 6.07) is 7.81. The van der Waals surface area contributed by atoms with E-state index in [9.17, 15) is 0 Å². The topological polar surface area (TPSA) is 88.8 Å². The number of rotatable bonds is 4. The molecule has 0 atom stereocenters. The summed E-state index contributed by atoms with van der Waals surface area (Å²) in [5.74, 6) is 6.56. The number of aryl methyl sites for hydroxylation is 1. The second kappa shape index (κ2) is 5.40. The molecule has 0 saturated heterocycles. The number of thiazole rings is 1. The molecular formula is C13H14N6S. The fourth-order valence-corrected chi connectivity index (χ4v) is 2.67. The molecule has 3 rings (SSSR count). The fraction of sp³-hybridized carbons (Fsp3) is 0.154. The Morgan fingerprint density at radius 2 is 2.10 bits per heavy atom. The highest BCUT2D eigenvalue weighted by molar-refractivity contribution is 7.11. The lowest BCUT2D eigenvalue weighted by molar-refractivity contribution is 1.10. The van der Waals surface area contributed by atoms with Crippen molar-refractivity contribution in [2.24, 2.45) is 5.84 Å². The minimum absolute atomic E-state index is 0.395. The van der Waals surface area contributed by atoms with Crippen LogP contribution in [0.1, 0.15) is 9.88 Å². The van der Waals surface area contributed by atoms with E-state index in [-0.39, 0.29) is 0 Å². The number of hydrazine groups is 1. The van der Waals surface area contributed by atoms with Gasteiger partial charge in [0.2, 0.25) is 5.95 Å². The second-order valence-corrected chi connectivity index (χ2v) is 5.58. The summed E-state index contributed by atoms with van der Waals surface area (Å²) >= 11 is 1.66. The van der Waals surface area contributed by atoms with Crippen molar-refractivity contribution in [3.8, 4) is 0 Å². The Labute approximate surface area is 120 Å². The van der Waals surface area contributed by atoms with Crippen LogP contribution in [0.25, 0.3) is 10.9 Å². The summed E-state index contributed by atoms with van der Waals surface area (Å²) in [4.78, 5) is 14.1. The molecular weight excluding hydrogens is 272 g/mol. The van der Waals surface area contributed by atoms with Gasteiger partial charge < -0.3 is 5.32 Å². The van der Waals surface area contributed by atoms with Crippen molar-refractivity contribution in [1.29, 1.82) is 0 Å². The zero-order valence-corrected chi connectivity index (χ0v) is 11.7. The molecule has 0 aliphatic heterocycles. The van der Waals surface area contributed by atoms with Crippen LogP contribution >= 0.6 is 11.3 Å². The van der Waals surface area contributed by atoms with Crippen LogP contribution in [0.3, 0.4) is 0 Å². The first kappa shape index (κ1) is 12.8. The smallest absolute Gasteiger partial charge is 0.239 e. The lowest BCUT2D eigenvalue weighted by Crippen LogP contribution is -2.12. The Morgan fingerprint density at radius 1 is 1.25 bits per heavy atom. The Kier molecular flexibility index (Phi) is 3.44. The van der Waals surface area contributed by atoms with Gasteiger partial charge in [0, 0.05) is 16.5 Å². The van der Waals surface area contributed by atoms with Crippen LogP contribution < -0.4 is 16.6 Å². The number of nitrogen functional groups attached to an aromatic ring is 1. The normalized spacial score (nSPS) is 10.7. The van der Waals surface area contributed by atoms with Gasteiger partial charge in [0.25, 0.3) is 0 Å². The minimum atomic E-state index is 0.395. The Morgan fingerprint density at radius 3 is 2.85 bits per heavy atom. The minimum Gasteiger partial charge on any atom is -0.364 e. The van der Waals surface area contributed by atoms with Gasteiger partial charge in [0.05, 0.1) is 17.1 Å². The standard InChI is InChI=1S/C13H14N6S/c1-8-15-6-9(20-8)7-16-12-10-4-2-3-5-11(10)17-13(18-12)19-14/h2-6H,7,14H2,1H3,(H2,16,17,18,19). The van der Waals surface area contributed by atoms with Gasteiger partial charge in [-0.2, -0.15) is 4.98 Å². The monoisotopic (exact) mass is 286 g/mol. The van der Waals surface area contributed by atoms with E-state index in [1.54, 1.807) is 11.3 Å². The first-order valence-electron chi connectivity index (χ1n) is 6.15. The molecule has 0 radical (unpaired) electrons. The lowest BCUT2D eigenvalue weighted by atomic mass is 10.2. The van der Waals surface area contributed by atoms with Crippen LogP contribution in [-0.4, -0.2) is 15.0 Å². The van der Waals surface area contributed by atoms with Gasteiger partial charge >= 0.3 is 0 Å². The summed E-state index contributed by atoms with van der Waals surface area (Å²) < 4.78 is 0. The molecule has 7 heteroatoms. The molecule has 0 saturated carbocycles. The Balaban J connectivity index is 1.93. The maximum Gasteiger partial charge on any atom is 0.239 e. The molecule has 6 nitrogen and oxygen atoms in total. The van der Waals surface area contributed by atoms with Crippen molar-refractivity contribution in [2.45, 2.75) is 13.5 Å². The highest BCUT2D eigenvalue weighted by Crippen LogP contribution is 2.22. The first-order valence-corrected chi connectivity index (χ1v) is 6.96. The molecule has 0 fully saturated rings. The molecule has 3 aromatic rings. The number of nitrogens with one attached hydrogen (secondary N) is 2. The molecule has 0 spiro atoms. The Hall–Kier alpha value is -2.25. The van der Waals surface area contributed by atoms with Crippen LogP contribution in [0, 0.1) is 6.92 Å². The van der Waals surface area contributed by atoms with Gasteiger partial charge in [0.1, 0.15) is 5.82 Å². The fourth-order valence-electron chi connectivity index (χ4n) is 1.93. The van der Waals surface area contributed by atoms with Crippen LogP contribution in [0.15, 0.2) is 30.5 Å². The van der Waals surface area contributed by atoms with E-state index in [0.29, 0.717) is 12.5 Å². The van der Waals surface area contributed by atoms with Crippen molar-refractivity contribution in [1.82, 2.24) is 15.0 Å².